The van der Waals surface area contributed by atoms with Gasteiger partial charge in [0.1, 0.15) is 0 Å². The quantitative estimate of drug-likeness (QED) is 0.757. The minimum atomic E-state index is 0.0970. The van der Waals surface area contributed by atoms with Crippen LogP contribution in [0.5, 0.6) is 0 Å². The first-order chi connectivity index (χ1) is 7.83. The topological polar surface area (TPSA) is 22.0 Å². The highest BCUT2D eigenvalue weighted by Gasteiger charge is 2.01. The van der Waals surface area contributed by atoms with Crippen molar-refractivity contribution in [2.75, 3.05) is 12.0 Å². The van der Waals surface area contributed by atoms with Crippen molar-refractivity contribution in [1.29, 1.82) is 0 Å². The number of hydrogen-bond acceptors (Lipinski definition) is 2. The zero-order chi connectivity index (χ0) is 11.4. The number of rotatable bonds is 4. The molecule has 0 atom stereocenters. The van der Waals surface area contributed by atoms with E-state index in [0.717, 1.165) is 29.6 Å². The van der Waals surface area contributed by atoms with Gasteiger partial charge in [0.05, 0.1) is 5.52 Å². The minimum Gasteiger partial charge on any atom is -0.308 e. The van der Waals surface area contributed by atoms with Crippen molar-refractivity contribution in [3.8, 4) is 0 Å². The Morgan fingerprint density at radius 3 is 2.81 bits per heavy atom. The Labute approximate surface area is 99.3 Å². The van der Waals surface area contributed by atoms with E-state index in [1.54, 1.807) is 6.07 Å². The maximum absolute atomic E-state index is 11.8. The minimum absolute atomic E-state index is 0.0970. The van der Waals surface area contributed by atoms with E-state index in [-0.39, 0.29) is 5.56 Å². The second-order valence-corrected chi connectivity index (χ2v) is 4.71. The van der Waals surface area contributed by atoms with Crippen LogP contribution in [-0.4, -0.2) is 16.6 Å². The molecule has 0 saturated heterocycles. The van der Waals surface area contributed by atoms with Crippen molar-refractivity contribution in [3.63, 3.8) is 0 Å². The standard InChI is InChI=1S/C13H15NOS/c1-16-10-4-9-14-12-6-3-2-5-11(12)7-8-13(14)15/h2-3,5-8H,4,9-10H2,1H3. The second-order valence-electron chi connectivity index (χ2n) is 3.73. The SMILES string of the molecule is CSCCCn1c(=O)ccc2ccccc21. The Hall–Kier alpha value is -1.22. The molecule has 0 N–H and O–H groups in total. The molecule has 0 fully saturated rings. The Kier molecular flexibility index (Phi) is 3.67. The highest BCUT2D eigenvalue weighted by Crippen LogP contribution is 2.11. The molecule has 0 spiro atoms. The third-order valence-electron chi connectivity index (χ3n) is 2.63. The molecule has 16 heavy (non-hydrogen) atoms. The van der Waals surface area contributed by atoms with Gasteiger partial charge in [0, 0.05) is 12.6 Å². The summed E-state index contributed by atoms with van der Waals surface area (Å²) >= 11 is 1.82. The molecule has 0 saturated carbocycles. The molecule has 0 aliphatic rings. The van der Waals surface area contributed by atoms with Gasteiger partial charge in [0.2, 0.25) is 0 Å². The van der Waals surface area contributed by atoms with E-state index in [1.807, 2.05) is 46.7 Å². The van der Waals surface area contributed by atoms with Crippen molar-refractivity contribution < 1.29 is 0 Å². The lowest BCUT2D eigenvalue weighted by atomic mass is 10.2. The third-order valence-corrected chi connectivity index (χ3v) is 3.33. The summed E-state index contributed by atoms with van der Waals surface area (Å²) in [6.45, 7) is 0.807. The van der Waals surface area contributed by atoms with Gasteiger partial charge in [-0.15, -0.1) is 0 Å². The van der Waals surface area contributed by atoms with Crippen LogP contribution in [0, 0.1) is 0 Å². The number of fused-ring (bicyclic) bond motifs is 1. The molecule has 0 bridgehead atoms. The number of aromatic nitrogens is 1. The molecule has 0 radical (unpaired) electrons. The number of hydrogen-bond donors (Lipinski definition) is 0. The molecule has 2 aromatic rings. The number of thioether (sulfide) groups is 1. The molecule has 2 nitrogen and oxygen atoms in total. The molecule has 1 aromatic heterocycles. The van der Waals surface area contributed by atoms with Crippen LogP contribution in [0.25, 0.3) is 10.9 Å². The summed E-state index contributed by atoms with van der Waals surface area (Å²) in [5.74, 6) is 1.09. The van der Waals surface area contributed by atoms with Crippen LogP contribution in [0.2, 0.25) is 0 Å². The van der Waals surface area contributed by atoms with E-state index in [1.165, 1.54) is 0 Å². The van der Waals surface area contributed by atoms with E-state index in [2.05, 4.69) is 6.26 Å². The van der Waals surface area contributed by atoms with Crippen LogP contribution in [0.1, 0.15) is 6.42 Å². The fraction of sp³-hybridized carbons (Fsp3) is 0.308. The van der Waals surface area contributed by atoms with Gasteiger partial charge in [-0.05, 0) is 35.9 Å². The van der Waals surface area contributed by atoms with Crippen molar-refractivity contribution in [2.45, 2.75) is 13.0 Å². The van der Waals surface area contributed by atoms with E-state index >= 15 is 0 Å². The van der Waals surface area contributed by atoms with Gasteiger partial charge in [-0.1, -0.05) is 18.2 Å². The van der Waals surface area contributed by atoms with Crippen LogP contribution in [-0.2, 0) is 6.54 Å². The van der Waals surface area contributed by atoms with Gasteiger partial charge < -0.3 is 4.57 Å². The maximum atomic E-state index is 11.8. The van der Waals surface area contributed by atoms with Gasteiger partial charge in [-0.2, -0.15) is 11.8 Å². The number of pyridine rings is 1. The summed E-state index contributed by atoms with van der Waals surface area (Å²) in [6.07, 6.45) is 3.13. The van der Waals surface area contributed by atoms with Crippen LogP contribution < -0.4 is 5.56 Å². The van der Waals surface area contributed by atoms with Crippen molar-refractivity contribution in [1.82, 2.24) is 4.57 Å². The zero-order valence-electron chi connectivity index (χ0n) is 9.35. The summed E-state index contributed by atoms with van der Waals surface area (Å²) < 4.78 is 1.87. The van der Waals surface area contributed by atoms with Gasteiger partial charge in [0.25, 0.3) is 5.56 Å². The predicted molar refractivity (Wildman–Crippen MR) is 71.2 cm³/mol. The van der Waals surface area contributed by atoms with Crippen LogP contribution in [0.4, 0.5) is 0 Å². The molecule has 3 heteroatoms. The van der Waals surface area contributed by atoms with Crippen molar-refractivity contribution in [2.24, 2.45) is 0 Å². The first kappa shape index (κ1) is 11.3. The average Bonchev–Trinajstić information content (AvgIpc) is 2.32. The largest absolute Gasteiger partial charge is 0.308 e. The van der Waals surface area contributed by atoms with E-state index in [9.17, 15) is 4.79 Å². The average molecular weight is 233 g/mol. The summed E-state index contributed by atoms with van der Waals surface area (Å²) in [4.78, 5) is 11.8. The number of nitrogens with zero attached hydrogens (tertiary/aromatic N) is 1. The second kappa shape index (κ2) is 5.21. The normalized spacial score (nSPS) is 10.8. The van der Waals surface area contributed by atoms with Crippen LogP contribution in [0.3, 0.4) is 0 Å². The summed E-state index contributed by atoms with van der Waals surface area (Å²) in [6, 6.07) is 11.6. The fourth-order valence-electron chi connectivity index (χ4n) is 1.84. The van der Waals surface area contributed by atoms with Crippen LogP contribution in [0.15, 0.2) is 41.2 Å². The first-order valence-corrected chi connectivity index (χ1v) is 6.80. The van der Waals surface area contributed by atoms with Gasteiger partial charge in [-0.25, -0.2) is 0 Å². The monoisotopic (exact) mass is 233 g/mol. The number of para-hydroxylation sites is 1. The zero-order valence-corrected chi connectivity index (χ0v) is 10.2. The molecular formula is C13H15NOS. The van der Waals surface area contributed by atoms with E-state index < -0.39 is 0 Å². The van der Waals surface area contributed by atoms with Gasteiger partial charge in [-0.3, -0.25) is 4.79 Å². The van der Waals surface area contributed by atoms with E-state index in [0.29, 0.717) is 0 Å². The Morgan fingerprint density at radius 2 is 2.00 bits per heavy atom. The molecule has 0 aliphatic carbocycles. The molecule has 0 unspecified atom stereocenters. The Balaban J connectivity index is 2.41. The van der Waals surface area contributed by atoms with E-state index in [4.69, 9.17) is 0 Å². The molecule has 0 aliphatic heterocycles. The first-order valence-electron chi connectivity index (χ1n) is 5.40. The smallest absolute Gasteiger partial charge is 0.251 e. The lowest BCUT2D eigenvalue weighted by Gasteiger charge is -2.09. The lowest BCUT2D eigenvalue weighted by molar-refractivity contribution is 0.683. The molecule has 1 aromatic carbocycles. The highest BCUT2D eigenvalue weighted by molar-refractivity contribution is 7.98. The summed E-state index contributed by atoms with van der Waals surface area (Å²) in [5.41, 5.74) is 1.14. The fourth-order valence-corrected chi connectivity index (χ4v) is 2.26. The number of aryl methyl sites for hydroxylation is 1. The molecule has 1 heterocycles. The third kappa shape index (κ3) is 2.30. The molecule has 84 valence electrons. The number of benzene rings is 1. The molecule has 2 rings (SSSR count). The molecular weight excluding hydrogens is 218 g/mol. The molecule has 0 amide bonds. The predicted octanol–water partition coefficient (Wildman–Crippen LogP) is 2.75. The van der Waals surface area contributed by atoms with Crippen LogP contribution >= 0.6 is 11.8 Å². The Bertz CT molecular complexity index is 533. The van der Waals surface area contributed by atoms with Gasteiger partial charge in [0.15, 0.2) is 0 Å². The van der Waals surface area contributed by atoms with Crippen molar-refractivity contribution >= 4 is 22.7 Å². The Morgan fingerprint density at radius 1 is 1.19 bits per heavy atom. The highest BCUT2D eigenvalue weighted by atomic mass is 32.2. The summed E-state index contributed by atoms with van der Waals surface area (Å²) in [7, 11) is 0. The van der Waals surface area contributed by atoms with Crippen molar-refractivity contribution in [3.05, 3.63) is 46.8 Å². The lowest BCUT2D eigenvalue weighted by Crippen LogP contribution is -2.19. The summed E-state index contributed by atoms with van der Waals surface area (Å²) in [5, 5.41) is 1.13. The van der Waals surface area contributed by atoms with Gasteiger partial charge >= 0.3 is 0 Å². The maximum Gasteiger partial charge on any atom is 0.251 e.